The third-order valence-electron chi connectivity index (χ3n) is 2.97. The molecule has 1 aliphatic rings. The summed E-state index contributed by atoms with van der Waals surface area (Å²) in [6, 6.07) is 4.30. The molecule has 1 aromatic carbocycles. The third-order valence-corrected chi connectivity index (χ3v) is 2.97. The molecule has 1 aromatic rings. The third kappa shape index (κ3) is 1.82. The predicted octanol–water partition coefficient (Wildman–Crippen LogP) is 2.13. The van der Waals surface area contributed by atoms with Crippen LogP contribution in [0.15, 0.2) is 17.1 Å². The van der Waals surface area contributed by atoms with Gasteiger partial charge in [-0.25, -0.2) is 4.99 Å². The first-order valence-electron chi connectivity index (χ1n) is 5.23. The molecule has 0 saturated heterocycles. The molecule has 0 atom stereocenters. The Hall–Kier alpha value is -1.51. The number of hydrogen-bond donors (Lipinski definition) is 1. The highest BCUT2D eigenvalue weighted by atomic mass is 15.1. The van der Waals surface area contributed by atoms with E-state index in [-0.39, 0.29) is 0 Å². The summed E-state index contributed by atoms with van der Waals surface area (Å²) in [7, 11) is 2.09. The van der Waals surface area contributed by atoms with Crippen LogP contribution in [0, 0.1) is 13.8 Å². The molecule has 3 nitrogen and oxygen atoms in total. The van der Waals surface area contributed by atoms with Crippen molar-refractivity contribution in [1.82, 2.24) is 0 Å². The molecule has 80 valence electrons. The van der Waals surface area contributed by atoms with Crippen LogP contribution in [-0.4, -0.2) is 19.4 Å². The fourth-order valence-corrected chi connectivity index (χ4v) is 1.79. The Labute approximate surface area is 90.6 Å². The largest absolute Gasteiger partial charge is 0.387 e. The molecule has 2 rings (SSSR count). The Morgan fingerprint density at radius 3 is 2.67 bits per heavy atom. The van der Waals surface area contributed by atoms with Crippen LogP contribution in [0.4, 0.5) is 11.4 Å². The van der Waals surface area contributed by atoms with Crippen LogP contribution in [0.1, 0.15) is 17.5 Å². The first-order valence-corrected chi connectivity index (χ1v) is 5.23. The number of rotatable bonds is 0. The van der Waals surface area contributed by atoms with Crippen molar-refractivity contribution >= 4 is 17.2 Å². The van der Waals surface area contributed by atoms with Gasteiger partial charge in [0.2, 0.25) is 0 Å². The zero-order valence-electron chi connectivity index (χ0n) is 9.54. The molecule has 0 bridgehead atoms. The van der Waals surface area contributed by atoms with Crippen molar-refractivity contribution < 1.29 is 0 Å². The second kappa shape index (κ2) is 3.57. The second-order valence-electron chi connectivity index (χ2n) is 4.20. The molecule has 2 N–H and O–H groups in total. The molecule has 0 aromatic heterocycles. The topological polar surface area (TPSA) is 41.6 Å². The second-order valence-corrected chi connectivity index (χ2v) is 4.20. The number of nitrogens with zero attached hydrogens (tertiary/aromatic N) is 2. The smallest absolute Gasteiger partial charge is 0.101 e. The highest BCUT2D eigenvalue weighted by molar-refractivity contribution is 5.88. The van der Waals surface area contributed by atoms with Gasteiger partial charge in [-0.2, -0.15) is 0 Å². The van der Waals surface area contributed by atoms with Crippen molar-refractivity contribution in [2.75, 3.05) is 18.5 Å². The van der Waals surface area contributed by atoms with E-state index in [4.69, 9.17) is 5.73 Å². The van der Waals surface area contributed by atoms with E-state index < -0.39 is 0 Å². The molecule has 0 saturated carbocycles. The summed E-state index contributed by atoms with van der Waals surface area (Å²) >= 11 is 0. The van der Waals surface area contributed by atoms with Crippen LogP contribution in [0.2, 0.25) is 0 Å². The van der Waals surface area contributed by atoms with E-state index in [1.807, 2.05) is 0 Å². The van der Waals surface area contributed by atoms with E-state index >= 15 is 0 Å². The van der Waals surface area contributed by atoms with Gasteiger partial charge in [-0.3, -0.25) is 0 Å². The monoisotopic (exact) mass is 203 g/mol. The van der Waals surface area contributed by atoms with Crippen molar-refractivity contribution in [2.45, 2.75) is 20.3 Å². The van der Waals surface area contributed by atoms with Gasteiger partial charge in [-0.1, -0.05) is 0 Å². The maximum absolute atomic E-state index is 5.82. The quantitative estimate of drug-likeness (QED) is 0.701. The minimum absolute atomic E-state index is 0.726. The molecular formula is C12H17N3. The lowest BCUT2D eigenvalue weighted by Gasteiger charge is -2.19. The average molecular weight is 203 g/mol. The van der Waals surface area contributed by atoms with Crippen LogP contribution < -0.4 is 10.6 Å². The van der Waals surface area contributed by atoms with Crippen LogP contribution in [0.5, 0.6) is 0 Å². The summed E-state index contributed by atoms with van der Waals surface area (Å²) in [4.78, 5) is 6.66. The van der Waals surface area contributed by atoms with Gasteiger partial charge in [0.25, 0.3) is 0 Å². The van der Waals surface area contributed by atoms with E-state index in [1.54, 1.807) is 0 Å². The molecule has 0 unspecified atom stereocenters. The molecule has 15 heavy (non-hydrogen) atoms. The van der Waals surface area contributed by atoms with Gasteiger partial charge in [0.05, 0.1) is 11.4 Å². The molecule has 1 aliphatic heterocycles. The van der Waals surface area contributed by atoms with Gasteiger partial charge >= 0.3 is 0 Å². The van der Waals surface area contributed by atoms with E-state index in [1.165, 1.54) is 16.8 Å². The van der Waals surface area contributed by atoms with Crippen molar-refractivity contribution in [1.29, 1.82) is 0 Å². The number of aryl methyl sites for hydroxylation is 2. The summed E-state index contributed by atoms with van der Waals surface area (Å²) in [5.41, 5.74) is 10.6. The fourth-order valence-electron chi connectivity index (χ4n) is 1.79. The maximum atomic E-state index is 5.82. The minimum Gasteiger partial charge on any atom is -0.387 e. The summed E-state index contributed by atoms with van der Waals surface area (Å²) in [5.74, 6) is 0.726. The highest BCUT2D eigenvalue weighted by Gasteiger charge is 2.13. The van der Waals surface area contributed by atoms with E-state index in [0.717, 1.165) is 24.5 Å². The van der Waals surface area contributed by atoms with Gasteiger partial charge in [-0.15, -0.1) is 0 Å². The first-order chi connectivity index (χ1) is 7.08. The average Bonchev–Trinajstić information content (AvgIpc) is 2.30. The Balaban J connectivity index is 2.59. The summed E-state index contributed by atoms with van der Waals surface area (Å²) in [5, 5.41) is 0. The predicted molar refractivity (Wildman–Crippen MR) is 65.1 cm³/mol. The van der Waals surface area contributed by atoms with Crippen molar-refractivity contribution in [3.63, 3.8) is 0 Å². The van der Waals surface area contributed by atoms with Crippen LogP contribution in [0.3, 0.4) is 0 Å². The number of aliphatic imine (C=N–C) groups is 1. The van der Waals surface area contributed by atoms with Gasteiger partial charge in [-0.05, 0) is 37.1 Å². The zero-order valence-corrected chi connectivity index (χ0v) is 9.54. The fraction of sp³-hybridized carbons (Fsp3) is 0.417. The minimum atomic E-state index is 0.726. The molecule has 3 heteroatoms. The van der Waals surface area contributed by atoms with E-state index in [2.05, 4.69) is 42.9 Å². The summed E-state index contributed by atoms with van der Waals surface area (Å²) in [6.07, 6.45) is 0.837. The molecule has 0 spiro atoms. The Bertz CT molecular complexity index is 421. The summed E-state index contributed by atoms with van der Waals surface area (Å²) < 4.78 is 0. The van der Waals surface area contributed by atoms with Crippen LogP contribution >= 0.6 is 0 Å². The molecule has 0 fully saturated rings. The van der Waals surface area contributed by atoms with E-state index in [0.29, 0.717) is 0 Å². The molecule has 0 aliphatic carbocycles. The standard InChI is InChI=1S/C12H17N3/c1-8-6-10-11(7-9(8)2)15(3)5-4-12(13)14-10/h6-7H,4-5H2,1-3H3,(H2,13,14). The first kappa shape index (κ1) is 10.0. The molecule has 1 heterocycles. The molecule has 0 amide bonds. The molecule has 0 radical (unpaired) electrons. The van der Waals surface area contributed by atoms with E-state index in [9.17, 15) is 0 Å². The number of amidine groups is 1. The van der Waals surface area contributed by atoms with Crippen molar-refractivity contribution in [2.24, 2.45) is 10.7 Å². The summed E-state index contributed by atoms with van der Waals surface area (Å²) in [6.45, 7) is 5.17. The van der Waals surface area contributed by atoms with Crippen LogP contribution in [-0.2, 0) is 0 Å². The van der Waals surface area contributed by atoms with Gasteiger partial charge in [0.1, 0.15) is 5.84 Å². The number of nitrogens with two attached hydrogens (primary N) is 1. The lowest BCUT2D eigenvalue weighted by Crippen LogP contribution is -2.21. The lowest BCUT2D eigenvalue weighted by molar-refractivity contribution is 0.925. The number of anilines is 1. The van der Waals surface area contributed by atoms with Gasteiger partial charge in [0.15, 0.2) is 0 Å². The number of benzene rings is 1. The lowest BCUT2D eigenvalue weighted by atomic mass is 10.1. The van der Waals surface area contributed by atoms with Crippen LogP contribution in [0.25, 0.3) is 0 Å². The van der Waals surface area contributed by atoms with Gasteiger partial charge in [0, 0.05) is 20.0 Å². The number of fused-ring (bicyclic) bond motifs is 1. The number of hydrogen-bond acceptors (Lipinski definition) is 3. The Morgan fingerprint density at radius 2 is 1.93 bits per heavy atom. The van der Waals surface area contributed by atoms with Crippen molar-refractivity contribution in [3.05, 3.63) is 23.3 Å². The SMILES string of the molecule is Cc1cc2c(cc1C)N(C)CCC(N)=N2. The highest BCUT2D eigenvalue weighted by Crippen LogP contribution is 2.32. The zero-order chi connectivity index (χ0) is 11.0. The molecular weight excluding hydrogens is 186 g/mol. The Morgan fingerprint density at radius 1 is 1.27 bits per heavy atom. The van der Waals surface area contributed by atoms with Crippen molar-refractivity contribution in [3.8, 4) is 0 Å². The Kier molecular flexibility index (Phi) is 2.39. The normalized spacial score (nSPS) is 15.7. The maximum Gasteiger partial charge on any atom is 0.101 e. The van der Waals surface area contributed by atoms with Gasteiger partial charge < -0.3 is 10.6 Å².